The fourth-order valence-corrected chi connectivity index (χ4v) is 1.51. The van der Waals surface area contributed by atoms with Crippen molar-refractivity contribution in [2.24, 2.45) is 0 Å². The molecular formula is C14H20FNO3. The highest BCUT2D eigenvalue weighted by molar-refractivity contribution is 5.75. The molecule has 0 heterocycles. The predicted octanol–water partition coefficient (Wildman–Crippen LogP) is 2.09. The minimum Gasteiger partial charge on any atom is -0.492 e. The summed E-state index contributed by atoms with van der Waals surface area (Å²) in [6, 6.07) is 5.81. The third-order valence-corrected chi connectivity index (χ3v) is 2.67. The monoisotopic (exact) mass is 269 g/mol. The molecule has 0 aliphatic heterocycles. The molecule has 0 saturated heterocycles. The van der Waals surface area contributed by atoms with E-state index in [4.69, 9.17) is 9.47 Å². The summed E-state index contributed by atoms with van der Waals surface area (Å²) < 4.78 is 23.0. The second-order valence-electron chi connectivity index (χ2n) is 4.21. The minimum atomic E-state index is -0.294. The highest BCUT2D eigenvalue weighted by Gasteiger charge is 2.08. The number of methoxy groups -OCH3 is 1. The lowest BCUT2D eigenvalue weighted by molar-refractivity contribution is -0.130. The van der Waals surface area contributed by atoms with Crippen LogP contribution in [0.4, 0.5) is 4.39 Å². The number of carbonyl (C=O) groups is 1. The summed E-state index contributed by atoms with van der Waals surface area (Å²) in [5, 5.41) is 0. The van der Waals surface area contributed by atoms with E-state index in [-0.39, 0.29) is 11.7 Å². The molecular weight excluding hydrogens is 249 g/mol. The number of hydrogen-bond acceptors (Lipinski definition) is 3. The number of rotatable bonds is 8. The lowest BCUT2D eigenvalue weighted by Gasteiger charge is -2.17. The first-order chi connectivity index (χ1) is 9.13. The third-order valence-electron chi connectivity index (χ3n) is 2.67. The van der Waals surface area contributed by atoms with Crippen molar-refractivity contribution >= 4 is 5.91 Å². The predicted molar refractivity (Wildman–Crippen MR) is 70.6 cm³/mol. The number of nitrogens with zero attached hydrogens (tertiary/aromatic N) is 1. The van der Waals surface area contributed by atoms with Gasteiger partial charge in [0.15, 0.2) is 0 Å². The van der Waals surface area contributed by atoms with Crippen molar-refractivity contribution in [1.29, 1.82) is 0 Å². The van der Waals surface area contributed by atoms with Crippen LogP contribution in [0.3, 0.4) is 0 Å². The topological polar surface area (TPSA) is 38.8 Å². The molecule has 0 radical (unpaired) electrons. The highest BCUT2D eigenvalue weighted by Crippen LogP contribution is 2.10. The average molecular weight is 269 g/mol. The van der Waals surface area contributed by atoms with Crippen LogP contribution in [0.5, 0.6) is 5.75 Å². The van der Waals surface area contributed by atoms with Crippen LogP contribution in [0.25, 0.3) is 0 Å². The van der Waals surface area contributed by atoms with E-state index in [0.29, 0.717) is 31.9 Å². The summed E-state index contributed by atoms with van der Waals surface area (Å²) in [7, 11) is 3.36. The summed E-state index contributed by atoms with van der Waals surface area (Å²) in [6.07, 6.45) is 1.19. The number of carbonyl (C=O) groups excluding carboxylic acids is 1. The number of amides is 1. The largest absolute Gasteiger partial charge is 0.492 e. The molecule has 0 aromatic heterocycles. The third kappa shape index (κ3) is 6.20. The summed E-state index contributed by atoms with van der Waals surface area (Å²) in [4.78, 5) is 13.3. The smallest absolute Gasteiger partial charge is 0.222 e. The minimum absolute atomic E-state index is 0.0692. The van der Waals surface area contributed by atoms with Gasteiger partial charge in [-0.2, -0.15) is 0 Å². The van der Waals surface area contributed by atoms with Gasteiger partial charge in [-0.25, -0.2) is 4.39 Å². The molecule has 5 heteroatoms. The van der Waals surface area contributed by atoms with Crippen LogP contribution >= 0.6 is 0 Å². The maximum absolute atomic E-state index is 12.7. The fraction of sp³-hybridized carbons (Fsp3) is 0.500. The molecule has 19 heavy (non-hydrogen) atoms. The van der Waals surface area contributed by atoms with Crippen molar-refractivity contribution in [3.05, 3.63) is 30.1 Å². The molecule has 1 aromatic carbocycles. The van der Waals surface area contributed by atoms with Crippen molar-refractivity contribution < 1.29 is 18.7 Å². The van der Waals surface area contributed by atoms with E-state index in [1.54, 1.807) is 31.2 Å². The van der Waals surface area contributed by atoms with E-state index < -0.39 is 0 Å². The first-order valence-electron chi connectivity index (χ1n) is 6.24. The maximum atomic E-state index is 12.7. The Kier molecular flexibility index (Phi) is 6.89. The highest BCUT2D eigenvalue weighted by atomic mass is 19.1. The molecule has 0 saturated carbocycles. The Morgan fingerprint density at radius 1 is 1.26 bits per heavy atom. The Morgan fingerprint density at radius 3 is 2.58 bits per heavy atom. The molecule has 0 aliphatic carbocycles. The lowest BCUT2D eigenvalue weighted by Crippen LogP contribution is -2.30. The van der Waals surface area contributed by atoms with Gasteiger partial charge in [0.05, 0.1) is 6.54 Å². The van der Waals surface area contributed by atoms with Crippen LogP contribution < -0.4 is 4.74 Å². The molecule has 106 valence electrons. The Labute approximate surface area is 113 Å². The van der Waals surface area contributed by atoms with Crippen LogP contribution in [0.2, 0.25) is 0 Å². The molecule has 0 fully saturated rings. The summed E-state index contributed by atoms with van der Waals surface area (Å²) in [5.41, 5.74) is 0. The van der Waals surface area contributed by atoms with Crippen LogP contribution in [-0.2, 0) is 9.53 Å². The lowest BCUT2D eigenvalue weighted by atomic mass is 10.3. The standard InChI is InChI=1S/C14H20FNO3/c1-16(14(17)4-3-10-18-2)9-11-19-13-7-5-12(15)6-8-13/h5-8H,3-4,9-11H2,1-2H3. The molecule has 0 spiro atoms. The average Bonchev–Trinajstić information content (AvgIpc) is 2.41. The molecule has 0 atom stereocenters. The normalized spacial score (nSPS) is 10.3. The summed E-state index contributed by atoms with van der Waals surface area (Å²) in [5.74, 6) is 0.374. The molecule has 0 aliphatic rings. The van der Waals surface area contributed by atoms with E-state index in [9.17, 15) is 9.18 Å². The second-order valence-corrected chi connectivity index (χ2v) is 4.21. The molecule has 0 unspecified atom stereocenters. The number of hydrogen-bond donors (Lipinski definition) is 0. The number of ether oxygens (including phenoxy) is 2. The van der Waals surface area contributed by atoms with Crippen molar-refractivity contribution in [2.75, 3.05) is 33.9 Å². The second kappa shape index (κ2) is 8.48. The van der Waals surface area contributed by atoms with Crippen LogP contribution in [0.15, 0.2) is 24.3 Å². The Balaban J connectivity index is 2.20. The first-order valence-corrected chi connectivity index (χ1v) is 6.24. The fourth-order valence-electron chi connectivity index (χ4n) is 1.51. The van der Waals surface area contributed by atoms with E-state index >= 15 is 0 Å². The molecule has 0 bridgehead atoms. The zero-order valence-electron chi connectivity index (χ0n) is 11.4. The zero-order valence-corrected chi connectivity index (χ0v) is 11.4. The van der Waals surface area contributed by atoms with Gasteiger partial charge < -0.3 is 14.4 Å². The molecule has 1 amide bonds. The van der Waals surface area contributed by atoms with Gasteiger partial charge in [0, 0.05) is 27.2 Å². The maximum Gasteiger partial charge on any atom is 0.222 e. The summed E-state index contributed by atoms with van der Waals surface area (Å²) in [6.45, 7) is 1.48. The zero-order chi connectivity index (χ0) is 14.1. The number of benzene rings is 1. The van der Waals surface area contributed by atoms with E-state index in [0.717, 1.165) is 6.42 Å². The molecule has 1 aromatic rings. The van der Waals surface area contributed by atoms with Crippen molar-refractivity contribution in [2.45, 2.75) is 12.8 Å². The van der Waals surface area contributed by atoms with Gasteiger partial charge in [-0.05, 0) is 30.7 Å². The Hall–Kier alpha value is -1.62. The van der Waals surface area contributed by atoms with E-state index in [1.807, 2.05) is 0 Å². The summed E-state index contributed by atoms with van der Waals surface area (Å²) >= 11 is 0. The van der Waals surface area contributed by atoms with Crippen molar-refractivity contribution in [3.8, 4) is 5.75 Å². The van der Waals surface area contributed by atoms with Gasteiger partial charge in [-0.3, -0.25) is 4.79 Å². The molecule has 4 nitrogen and oxygen atoms in total. The van der Waals surface area contributed by atoms with Crippen molar-refractivity contribution in [3.63, 3.8) is 0 Å². The van der Waals surface area contributed by atoms with Crippen LogP contribution in [0, 0.1) is 5.82 Å². The van der Waals surface area contributed by atoms with Gasteiger partial charge in [0.25, 0.3) is 0 Å². The van der Waals surface area contributed by atoms with Gasteiger partial charge in [0.2, 0.25) is 5.91 Å². The first kappa shape index (κ1) is 15.4. The van der Waals surface area contributed by atoms with Gasteiger partial charge in [-0.1, -0.05) is 0 Å². The molecule has 1 rings (SSSR count). The van der Waals surface area contributed by atoms with Gasteiger partial charge in [0.1, 0.15) is 18.2 Å². The SMILES string of the molecule is COCCCC(=O)N(C)CCOc1ccc(F)cc1. The van der Waals surface area contributed by atoms with Crippen LogP contribution in [0.1, 0.15) is 12.8 Å². The quantitative estimate of drug-likeness (QED) is 0.678. The van der Waals surface area contributed by atoms with Gasteiger partial charge >= 0.3 is 0 Å². The Bertz CT molecular complexity index is 381. The number of likely N-dealkylation sites (N-methyl/N-ethyl adjacent to an activating group) is 1. The van der Waals surface area contributed by atoms with Crippen molar-refractivity contribution in [1.82, 2.24) is 4.90 Å². The number of halogens is 1. The van der Waals surface area contributed by atoms with Crippen LogP contribution in [-0.4, -0.2) is 44.7 Å². The Morgan fingerprint density at radius 2 is 1.95 bits per heavy atom. The van der Waals surface area contributed by atoms with Gasteiger partial charge in [-0.15, -0.1) is 0 Å². The van der Waals surface area contributed by atoms with E-state index in [1.165, 1.54) is 12.1 Å². The van der Waals surface area contributed by atoms with E-state index in [2.05, 4.69) is 0 Å². The molecule has 0 N–H and O–H groups in total.